The summed E-state index contributed by atoms with van der Waals surface area (Å²) >= 11 is 3.26. The van der Waals surface area contributed by atoms with E-state index in [1.807, 2.05) is 6.07 Å². The molecule has 0 saturated heterocycles. The second-order valence-electron chi connectivity index (χ2n) is 3.00. The highest BCUT2D eigenvalue weighted by Gasteiger charge is 2.16. The van der Waals surface area contributed by atoms with E-state index in [9.17, 15) is 4.79 Å². The van der Waals surface area contributed by atoms with Gasteiger partial charge in [0.15, 0.2) is 0 Å². The van der Waals surface area contributed by atoms with Crippen LogP contribution in [-0.4, -0.2) is 12.6 Å². The van der Waals surface area contributed by atoms with Crippen molar-refractivity contribution in [2.24, 2.45) is 5.73 Å². The maximum Gasteiger partial charge on any atom is 0.339 e. The average Bonchev–Trinajstić information content (AvgIpc) is 2.28. The van der Waals surface area contributed by atoms with Crippen LogP contribution in [0.15, 0.2) is 16.6 Å². The highest BCUT2D eigenvalue weighted by molar-refractivity contribution is 9.10. The Morgan fingerprint density at radius 2 is 2.31 bits per heavy atom. The number of carbonyl (C=O) groups is 1. The average molecular weight is 283 g/mol. The molecule has 0 fully saturated rings. The van der Waals surface area contributed by atoms with Gasteiger partial charge in [-0.05, 0) is 34.5 Å². The minimum Gasteiger partial charge on any atom is -0.462 e. The van der Waals surface area contributed by atoms with Gasteiger partial charge in [-0.15, -0.1) is 0 Å². The first-order valence-corrected chi connectivity index (χ1v) is 5.53. The van der Waals surface area contributed by atoms with Gasteiger partial charge in [-0.1, -0.05) is 6.07 Å². The predicted octanol–water partition coefficient (Wildman–Crippen LogP) is 1.96. The lowest BCUT2D eigenvalue weighted by molar-refractivity contribution is 0.0526. The van der Waals surface area contributed by atoms with Gasteiger partial charge in [-0.3, -0.25) is 0 Å². The Kier molecular flexibility index (Phi) is 4.47. The van der Waals surface area contributed by atoms with Gasteiger partial charge in [0.25, 0.3) is 0 Å². The second-order valence-corrected chi connectivity index (χ2v) is 3.79. The fraction of sp³-hybridized carbons (Fsp3) is 0.273. The maximum absolute atomic E-state index is 11.6. The zero-order valence-corrected chi connectivity index (χ0v) is 10.4. The Labute approximate surface area is 102 Å². The van der Waals surface area contributed by atoms with Crippen molar-refractivity contribution in [1.29, 1.82) is 5.26 Å². The molecule has 1 rings (SSSR count). The van der Waals surface area contributed by atoms with Crippen molar-refractivity contribution in [2.75, 3.05) is 6.61 Å². The number of ether oxygens (including phenoxy) is 1. The number of esters is 1. The van der Waals surface area contributed by atoms with Gasteiger partial charge >= 0.3 is 5.97 Å². The highest BCUT2D eigenvalue weighted by Crippen LogP contribution is 2.25. The summed E-state index contributed by atoms with van der Waals surface area (Å²) in [6, 6.07) is 5.24. The molecular weight excluding hydrogens is 272 g/mol. The molecule has 0 spiro atoms. The second kappa shape index (κ2) is 5.64. The summed E-state index contributed by atoms with van der Waals surface area (Å²) in [4.78, 5) is 11.6. The number of halogens is 1. The number of carbonyl (C=O) groups excluding carboxylic acids is 1. The first kappa shape index (κ1) is 12.7. The molecule has 16 heavy (non-hydrogen) atoms. The molecule has 0 aliphatic heterocycles. The Bertz CT molecular complexity index is 452. The van der Waals surface area contributed by atoms with Crippen LogP contribution in [-0.2, 0) is 11.3 Å². The minimum atomic E-state index is -0.497. The molecule has 0 aliphatic rings. The third-order valence-corrected chi connectivity index (χ3v) is 2.95. The lowest BCUT2D eigenvalue weighted by Crippen LogP contribution is -2.09. The SMILES string of the molecule is CCOC(=O)c1ccc(CN)c(Br)c1C#N. The van der Waals surface area contributed by atoms with E-state index >= 15 is 0 Å². The van der Waals surface area contributed by atoms with Crippen LogP contribution in [0.1, 0.15) is 28.4 Å². The van der Waals surface area contributed by atoms with E-state index in [1.165, 1.54) is 0 Å². The summed E-state index contributed by atoms with van der Waals surface area (Å²) in [5.41, 5.74) is 6.81. The minimum absolute atomic E-state index is 0.258. The summed E-state index contributed by atoms with van der Waals surface area (Å²) in [6.07, 6.45) is 0. The smallest absolute Gasteiger partial charge is 0.339 e. The van der Waals surface area contributed by atoms with E-state index in [-0.39, 0.29) is 17.7 Å². The van der Waals surface area contributed by atoms with Gasteiger partial charge in [-0.2, -0.15) is 5.26 Å². The molecular formula is C11H11BrN2O2. The summed E-state index contributed by atoms with van der Waals surface area (Å²) in [5.74, 6) is -0.497. The van der Waals surface area contributed by atoms with Crippen molar-refractivity contribution in [3.63, 3.8) is 0 Å². The topological polar surface area (TPSA) is 76.1 Å². The van der Waals surface area contributed by atoms with Gasteiger partial charge in [0, 0.05) is 11.0 Å². The molecule has 1 aromatic carbocycles. The lowest BCUT2D eigenvalue weighted by Gasteiger charge is -2.08. The number of benzene rings is 1. The zero-order chi connectivity index (χ0) is 12.1. The molecule has 2 N–H and O–H groups in total. The summed E-state index contributed by atoms with van der Waals surface area (Å²) in [5, 5.41) is 9.01. The van der Waals surface area contributed by atoms with Crippen LogP contribution in [0.4, 0.5) is 0 Å². The van der Waals surface area contributed by atoms with Crippen molar-refractivity contribution >= 4 is 21.9 Å². The number of nitrogens with two attached hydrogens (primary N) is 1. The van der Waals surface area contributed by atoms with Crippen molar-refractivity contribution in [3.8, 4) is 6.07 Å². The molecule has 5 heteroatoms. The molecule has 0 aliphatic carbocycles. The highest BCUT2D eigenvalue weighted by atomic mass is 79.9. The molecule has 0 saturated carbocycles. The van der Waals surface area contributed by atoms with E-state index in [4.69, 9.17) is 15.7 Å². The van der Waals surface area contributed by atoms with Gasteiger partial charge in [0.05, 0.1) is 17.7 Å². The Morgan fingerprint density at radius 1 is 1.62 bits per heavy atom. The van der Waals surface area contributed by atoms with E-state index in [2.05, 4.69) is 15.9 Å². The molecule has 0 heterocycles. The summed E-state index contributed by atoms with van der Waals surface area (Å²) in [7, 11) is 0. The fourth-order valence-corrected chi connectivity index (χ4v) is 1.86. The van der Waals surface area contributed by atoms with Gasteiger partial charge in [0.2, 0.25) is 0 Å². The predicted molar refractivity (Wildman–Crippen MR) is 62.7 cm³/mol. The van der Waals surface area contributed by atoms with Crippen LogP contribution in [0.25, 0.3) is 0 Å². The third-order valence-electron chi connectivity index (χ3n) is 2.05. The molecule has 4 nitrogen and oxygen atoms in total. The molecule has 0 aromatic heterocycles. The largest absolute Gasteiger partial charge is 0.462 e. The van der Waals surface area contributed by atoms with Crippen molar-refractivity contribution < 1.29 is 9.53 Å². The van der Waals surface area contributed by atoms with E-state index in [0.29, 0.717) is 11.0 Å². The quantitative estimate of drug-likeness (QED) is 0.860. The molecule has 84 valence electrons. The van der Waals surface area contributed by atoms with Crippen molar-refractivity contribution in [1.82, 2.24) is 0 Å². The fourth-order valence-electron chi connectivity index (χ4n) is 1.27. The maximum atomic E-state index is 11.6. The lowest BCUT2D eigenvalue weighted by atomic mass is 10.0. The van der Waals surface area contributed by atoms with Gasteiger partial charge in [0.1, 0.15) is 6.07 Å². The third kappa shape index (κ3) is 2.40. The van der Waals surface area contributed by atoms with Crippen LogP contribution in [0.2, 0.25) is 0 Å². The number of hydrogen-bond donors (Lipinski definition) is 1. The standard InChI is InChI=1S/C11H11BrN2O2/c1-2-16-11(15)8-4-3-7(5-13)10(12)9(8)6-14/h3-4H,2,5,13H2,1H3. The number of nitriles is 1. The van der Waals surface area contributed by atoms with Gasteiger partial charge in [-0.25, -0.2) is 4.79 Å². The van der Waals surface area contributed by atoms with E-state index in [1.54, 1.807) is 19.1 Å². The van der Waals surface area contributed by atoms with Crippen LogP contribution in [0, 0.1) is 11.3 Å². The monoisotopic (exact) mass is 282 g/mol. The molecule has 0 radical (unpaired) electrons. The van der Waals surface area contributed by atoms with Crippen LogP contribution >= 0.6 is 15.9 Å². The number of nitrogens with zero attached hydrogens (tertiary/aromatic N) is 1. The van der Waals surface area contributed by atoms with Crippen LogP contribution < -0.4 is 5.73 Å². The van der Waals surface area contributed by atoms with Crippen LogP contribution in [0.3, 0.4) is 0 Å². The summed E-state index contributed by atoms with van der Waals surface area (Å²) < 4.78 is 5.42. The van der Waals surface area contributed by atoms with Crippen molar-refractivity contribution in [2.45, 2.75) is 13.5 Å². The normalized spacial score (nSPS) is 9.62. The zero-order valence-electron chi connectivity index (χ0n) is 8.79. The number of hydrogen-bond acceptors (Lipinski definition) is 4. The van der Waals surface area contributed by atoms with E-state index < -0.39 is 5.97 Å². The first-order chi connectivity index (χ1) is 7.65. The Balaban J connectivity index is 3.27. The van der Waals surface area contributed by atoms with E-state index in [0.717, 1.165) is 5.56 Å². The Morgan fingerprint density at radius 3 is 2.81 bits per heavy atom. The molecule has 0 amide bonds. The first-order valence-electron chi connectivity index (χ1n) is 4.74. The van der Waals surface area contributed by atoms with Crippen LogP contribution in [0.5, 0.6) is 0 Å². The van der Waals surface area contributed by atoms with Gasteiger partial charge < -0.3 is 10.5 Å². The molecule has 0 atom stereocenters. The number of rotatable bonds is 3. The molecule has 1 aromatic rings. The summed E-state index contributed by atoms with van der Waals surface area (Å²) in [6.45, 7) is 2.30. The Hall–Kier alpha value is -1.38. The van der Waals surface area contributed by atoms with Crippen molar-refractivity contribution in [3.05, 3.63) is 33.3 Å². The molecule has 0 bridgehead atoms. The molecule has 0 unspecified atom stereocenters.